The zero-order valence-corrected chi connectivity index (χ0v) is 36.5. The molecule has 0 aliphatic carbocycles. The lowest BCUT2D eigenvalue weighted by atomic mass is 9.85. The molecule has 0 bridgehead atoms. The second-order valence-corrected chi connectivity index (χ2v) is 17.0. The maximum Gasteiger partial charge on any atom is 0.274 e. The lowest BCUT2D eigenvalue weighted by molar-refractivity contribution is -0.144. The summed E-state index contributed by atoms with van der Waals surface area (Å²) in [5, 5.41) is 12.9. The fraction of sp³-hybridized carbons (Fsp3) is 0.356. The molecule has 328 valence electrons. The molecule has 63 heavy (non-hydrogen) atoms. The maximum absolute atomic E-state index is 13.9. The van der Waals surface area contributed by atoms with Gasteiger partial charge in [-0.15, -0.1) is 11.3 Å². The average Bonchev–Trinajstić information content (AvgIpc) is 4.04. The van der Waals surface area contributed by atoms with Gasteiger partial charge in [-0.3, -0.25) is 24.0 Å². The number of thiazole rings is 1. The van der Waals surface area contributed by atoms with Gasteiger partial charge in [-0.05, 0) is 72.7 Å². The molecule has 18 heteroatoms. The molecule has 4 amide bonds. The van der Waals surface area contributed by atoms with E-state index in [4.69, 9.17) is 13.9 Å². The first kappa shape index (κ1) is 44.3. The van der Waals surface area contributed by atoms with Crippen molar-refractivity contribution in [3.63, 3.8) is 0 Å². The number of anilines is 1. The van der Waals surface area contributed by atoms with E-state index in [1.54, 1.807) is 40.5 Å². The van der Waals surface area contributed by atoms with Gasteiger partial charge in [-0.1, -0.05) is 45.0 Å². The predicted octanol–water partition coefficient (Wildman–Crippen LogP) is 5.29. The van der Waals surface area contributed by atoms with Gasteiger partial charge in [0.25, 0.3) is 11.5 Å². The minimum atomic E-state index is -0.843. The third-order valence-corrected chi connectivity index (χ3v) is 11.4. The number of amides is 4. The summed E-state index contributed by atoms with van der Waals surface area (Å²) in [6.07, 6.45) is 2.68. The molecule has 1 aliphatic rings. The van der Waals surface area contributed by atoms with Crippen LogP contribution >= 0.6 is 11.3 Å². The molecule has 0 radical (unpaired) electrons. The number of nitrogens with one attached hydrogen (secondary N) is 3. The van der Waals surface area contributed by atoms with Crippen molar-refractivity contribution < 1.29 is 33.1 Å². The molecular formula is C45H49N9O8S. The van der Waals surface area contributed by atoms with Crippen molar-refractivity contribution in [1.29, 1.82) is 0 Å². The molecule has 1 aliphatic heterocycles. The van der Waals surface area contributed by atoms with Crippen molar-refractivity contribution in [1.82, 2.24) is 40.3 Å². The van der Waals surface area contributed by atoms with Gasteiger partial charge in [-0.2, -0.15) is 5.10 Å². The van der Waals surface area contributed by atoms with Crippen molar-refractivity contribution >= 4 is 51.8 Å². The van der Waals surface area contributed by atoms with Gasteiger partial charge in [0.15, 0.2) is 5.58 Å². The normalized spacial score (nSPS) is 14.4. The summed E-state index contributed by atoms with van der Waals surface area (Å²) in [6.45, 7) is 8.84. The number of benzene rings is 2. The molecule has 0 unspecified atom stereocenters. The number of fused-ring (bicyclic) bond motifs is 1. The Balaban J connectivity index is 0.820. The Morgan fingerprint density at radius 1 is 0.984 bits per heavy atom. The maximum atomic E-state index is 13.9. The summed E-state index contributed by atoms with van der Waals surface area (Å²) < 4.78 is 18.3. The molecule has 2 atom stereocenters. The minimum absolute atomic E-state index is 0.0215. The summed E-state index contributed by atoms with van der Waals surface area (Å²) in [7, 11) is 1.54. The van der Waals surface area contributed by atoms with Crippen molar-refractivity contribution in [2.45, 2.75) is 65.6 Å². The molecule has 1 saturated heterocycles. The highest BCUT2D eigenvalue weighted by atomic mass is 32.1. The van der Waals surface area contributed by atoms with Gasteiger partial charge in [0, 0.05) is 38.3 Å². The van der Waals surface area contributed by atoms with Crippen molar-refractivity contribution in [2.75, 3.05) is 31.7 Å². The second-order valence-electron chi connectivity index (χ2n) is 16.2. The van der Waals surface area contributed by atoms with Gasteiger partial charge < -0.3 is 34.7 Å². The first-order chi connectivity index (χ1) is 30.2. The van der Waals surface area contributed by atoms with E-state index in [9.17, 15) is 24.0 Å². The topological polar surface area (TPSA) is 213 Å². The fourth-order valence-electron chi connectivity index (χ4n) is 7.02. The van der Waals surface area contributed by atoms with Crippen LogP contribution in [0.15, 0.2) is 87.6 Å². The van der Waals surface area contributed by atoms with Gasteiger partial charge in [0.2, 0.25) is 23.6 Å². The van der Waals surface area contributed by atoms with E-state index in [-0.39, 0.29) is 61.1 Å². The monoisotopic (exact) mass is 875 g/mol. The smallest absolute Gasteiger partial charge is 0.274 e. The van der Waals surface area contributed by atoms with E-state index in [0.29, 0.717) is 54.2 Å². The molecule has 5 heterocycles. The Morgan fingerprint density at radius 2 is 1.79 bits per heavy atom. The number of ether oxygens (including phenoxy) is 2. The molecule has 0 saturated carbocycles. The number of carbonyl (C=O) groups excluding carboxylic acids is 4. The molecule has 0 spiro atoms. The van der Waals surface area contributed by atoms with Crippen LogP contribution in [0, 0.1) is 12.3 Å². The summed E-state index contributed by atoms with van der Waals surface area (Å²) in [4.78, 5) is 80.7. The summed E-state index contributed by atoms with van der Waals surface area (Å²) in [5.74, 6) is -0.629. The first-order valence-electron chi connectivity index (χ1n) is 20.5. The van der Waals surface area contributed by atoms with Crippen molar-refractivity contribution in [3.8, 4) is 27.8 Å². The summed E-state index contributed by atoms with van der Waals surface area (Å²) in [5.41, 5.74) is 5.97. The summed E-state index contributed by atoms with van der Waals surface area (Å²) >= 11 is 1.59. The van der Waals surface area contributed by atoms with E-state index < -0.39 is 23.4 Å². The van der Waals surface area contributed by atoms with Crippen LogP contribution < -0.4 is 26.2 Å². The Morgan fingerprint density at radius 3 is 2.51 bits per heavy atom. The van der Waals surface area contributed by atoms with E-state index >= 15 is 0 Å². The van der Waals surface area contributed by atoms with Crippen molar-refractivity contribution in [2.24, 2.45) is 12.5 Å². The zero-order chi connectivity index (χ0) is 44.7. The van der Waals surface area contributed by atoms with Gasteiger partial charge in [0.05, 0.1) is 35.5 Å². The molecule has 2 aromatic carbocycles. The highest BCUT2D eigenvalue weighted by molar-refractivity contribution is 7.13. The van der Waals surface area contributed by atoms with E-state index in [1.807, 2.05) is 57.5 Å². The number of hydrogen-bond donors (Lipinski definition) is 3. The van der Waals surface area contributed by atoms with Gasteiger partial charge in [0.1, 0.15) is 41.3 Å². The average molecular weight is 876 g/mol. The Hall–Kier alpha value is -6.79. The second kappa shape index (κ2) is 19.5. The number of nitrogens with zero attached hydrogens (tertiary/aromatic N) is 6. The predicted molar refractivity (Wildman–Crippen MR) is 236 cm³/mol. The highest BCUT2D eigenvalue weighted by Crippen LogP contribution is 2.29. The lowest BCUT2D eigenvalue weighted by Gasteiger charge is -2.35. The molecule has 6 aromatic rings. The number of oxazole rings is 1. The largest absolute Gasteiger partial charge is 0.490 e. The zero-order valence-electron chi connectivity index (χ0n) is 35.7. The van der Waals surface area contributed by atoms with Crippen molar-refractivity contribution in [3.05, 3.63) is 106 Å². The minimum Gasteiger partial charge on any atom is -0.490 e. The third-order valence-electron chi connectivity index (χ3n) is 10.4. The number of aryl methyl sites for hydroxylation is 2. The molecular weight excluding hydrogens is 827 g/mol. The van der Waals surface area contributed by atoms with Crippen LogP contribution in [0.1, 0.15) is 61.8 Å². The van der Waals surface area contributed by atoms with Crippen LogP contribution in [0.4, 0.5) is 5.69 Å². The van der Waals surface area contributed by atoms with Crippen LogP contribution in [-0.4, -0.2) is 91.7 Å². The number of carbonyl (C=O) groups is 4. The fourth-order valence-corrected chi connectivity index (χ4v) is 7.83. The number of likely N-dealkylation sites (tertiary alicyclic amines) is 1. The number of pyridine rings is 1. The molecule has 1 fully saturated rings. The van der Waals surface area contributed by atoms with E-state index in [2.05, 4.69) is 36.0 Å². The standard InChI is InChI=1S/C45H49N9O8S/c1-27-39(63-26-48-27)29-10-8-28(9-11-29)24-47-42(58)35-7-6-19-54(35)44(59)40(45(2,3)4)51-37(55)18-20-60-21-22-61-31-13-14-32(46-25-31)41(57)49-30-12-16-36-34(23-30)50-43(62-36)33-15-17-38(56)53(5)52-33/h8-17,23,25-26,35,40H,6-7,18-22,24H2,1-5H3,(H,47,58)(H,49,57)(H,51,55)/t35-,40+/m0/s1. The number of aromatic nitrogens is 5. The van der Waals surface area contributed by atoms with Crippen LogP contribution in [-0.2, 0) is 32.7 Å². The molecule has 3 N–H and O–H groups in total. The molecule has 7 rings (SSSR count). The lowest BCUT2D eigenvalue weighted by Crippen LogP contribution is -2.57. The molecule has 17 nitrogen and oxygen atoms in total. The number of hydrogen-bond acceptors (Lipinski definition) is 13. The third kappa shape index (κ3) is 11.0. The first-order valence-corrected chi connectivity index (χ1v) is 21.4. The van der Waals surface area contributed by atoms with E-state index in [0.717, 1.165) is 21.7 Å². The van der Waals surface area contributed by atoms with E-state index in [1.165, 1.54) is 36.1 Å². The highest BCUT2D eigenvalue weighted by Gasteiger charge is 2.41. The summed E-state index contributed by atoms with van der Waals surface area (Å²) in [6, 6.07) is 17.6. The van der Waals surface area contributed by atoms with Crippen LogP contribution in [0.5, 0.6) is 5.75 Å². The van der Waals surface area contributed by atoms with Crippen LogP contribution in [0.2, 0.25) is 0 Å². The Bertz CT molecular complexity index is 2650. The quantitative estimate of drug-likeness (QED) is 0.106. The van der Waals surface area contributed by atoms with Crippen LogP contribution in [0.25, 0.3) is 33.1 Å². The molecule has 4 aromatic heterocycles. The Kier molecular flexibility index (Phi) is 13.7. The Labute approximate surface area is 367 Å². The van der Waals surface area contributed by atoms with Gasteiger partial charge >= 0.3 is 0 Å². The van der Waals surface area contributed by atoms with Gasteiger partial charge in [-0.25, -0.2) is 19.6 Å². The van der Waals surface area contributed by atoms with Crippen LogP contribution in [0.3, 0.4) is 0 Å². The number of rotatable bonds is 16. The SMILES string of the molecule is Cc1ncsc1-c1ccc(CNC(=O)[C@@H]2CCCN2C(=O)[C@@H](NC(=O)CCOCCOc2ccc(C(=O)Nc3ccc4oc(-c5ccc(=O)n(C)n5)nc4c3)nc2)C(C)(C)C)cc1.